The van der Waals surface area contributed by atoms with Gasteiger partial charge in [-0.15, -0.1) is 0 Å². The summed E-state index contributed by atoms with van der Waals surface area (Å²) in [5, 5.41) is 2.87. The Morgan fingerprint density at radius 3 is 2.81 bits per heavy atom. The maximum atomic E-state index is 12.5. The summed E-state index contributed by atoms with van der Waals surface area (Å²) in [7, 11) is 0. The minimum Gasteiger partial charge on any atom is -0.487 e. The van der Waals surface area contributed by atoms with Gasteiger partial charge in [0.25, 0.3) is 5.91 Å². The van der Waals surface area contributed by atoms with Gasteiger partial charge in [-0.2, -0.15) is 0 Å². The fraction of sp³-hybridized carbons (Fsp3) is 0.0952. The molecule has 0 aliphatic carbocycles. The summed E-state index contributed by atoms with van der Waals surface area (Å²) in [6, 6.07) is 18.7. The lowest BCUT2D eigenvalue weighted by molar-refractivity contribution is 0.102. The van der Waals surface area contributed by atoms with Crippen LogP contribution in [0.5, 0.6) is 5.75 Å². The van der Waals surface area contributed by atoms with E-state index in [1.54, 1.807) is 18.5 Å². The van der Waals surface area contributed by atoms with E-state index in [1.807, 2.05) is 65.9 Å². The van der Waals surface area contributed by atoms with Crippen LogP contribution in [-0.2, 0) is 6.61 Å². The Labute approximate surface area is 156 Å². The lowest BCUT2D eigenvalue weighted by atomic mass is 10.3. The van der Waals surface area contributed by atoms with Crippen LogP contribution in [0, 0.1) is 6.92 Å². The maximum Gasteiger partial charge on any atom is 0.275 e. The SMILES string of the molecule is Cc1cccc2nc(C(=O)Nc3cccc(OCc4ccccn4)c3)cn12. The van der Waals surface area contributed by atoms with E-state index < -0.39 is 0 Å². The number of carbonyl (C=O) groups is 1. The molecule has 0 aliphatic rings. The van der Waals surface area contributed by atoms with Crippen molar-refractivity contribution in [3.05, 3.63) is 90.1 Å². The van der Waals surface area contributed by atoms with Gasteiger partial charge in [-0.3, -0.25) is 9.78 Å². The standard InChI is InChI=1S/C21H18N4O2/c1-15-6-4-10-20-24-19(13-25(15)20)21(26)23-16-8-5-9-18(12-16)27-14-17-7-2-3-11-22-17/h2-13H,14H2,1H3,(H,23,26). The summed E-state index contributed by atoms with van der Waals surface area (Å²) in [6.45, 7) is 2.34. The Bertz CT molecular complexity index is 1090. The number of imidazole rings is 1. The van der Waals surface area contributed by atoms with E-state index in [4.69, 9.17) is 4.74 Å². The summed E-state index contributed by atoms with van der Waals surface area (Å²) < 4.78 is 7.64. The Morgan fingerprint density at radius 2 is 2.00 bits per heavy atom. The van der Waals surface area contributed by atoms with Gasteiger partial charge in [0.1, 0.15) is 23.7 Å². The number of ether oxygens (including phenoxy) is 1. The number of fused-ring (bicyclic) bond motifs is 1. The van der Waals surface area contributed by atoms with Crippen molar-refractivity contribution in [1.29, 1.82) is 0 Å². The molecule has 0 spiro atoms. The van der Waals surface area contributed by atoms with E-state index in [0.717, 1.165) is 17.0 Å². The van der Waals surface area contributed by atoms with Gasteiger partial charge >= 0.3 is 0 Å². The van der Waals surface area contributed by atoms with Crippen LogP contribution in [0.15, 0.2) is 73.1 Å². The molecule has 6 nitrogen and oxygen atoms in total. The molecular weight excluding hydrogens is 340 g/mol. The number of carbonyl (C=O) groups excluding carboxylic acids is 1. The van der Waals surface area contributed by atoms with Gasteiger partial charge in [0.15, 0.2) is 0 Å². The van der Waals surface area contributed by atoms with Crippen LogP contribution in [0.4, 0.5) is 5.69 Å². The highest BCUT2D eigenvalue weighted by Crippen LogP contribution is 2.19. The summed E-state index contributed by atoms with van der Waals surface area (Å²) in [5.41, 5.74) is 3.61. The second kappa shape index (κ2) is 7.29. The first-order valence-corrected chi connectivity index (χ1v) is 8.58. The quantitative estimate of drug-likeness (QED) is 0.588. The molecule has 0 aliphatic heterocycles. The van der Waals surface area contributed by atoms with Crippen molar-refractivity contribution in [2.24, 2.45) is 0 Å². The van der Waals surface area contributed by atoms with Crippen molar-refractivity contribution >= 4 is 17.2 Å². The number of nitrogens with one attached hydrogen (secondary N) is 1. The summed E-state index contributed by atoms with van der Waals surface area (Å²) in [5.74, 6) is 0.393. The fourth-order valence-electron chi connectivity index (χ4n) is 2.76. The number of nitrogens with zero attached hydrogens (tertiary/aromatic N) is 3. The zero-order valence-electron chi connectivity index (χ0n) is 14.8. The molecule has 0 bridgehead atoms. The van der Waals surface area contributed by atoms with Crippen molar-refractivity contribution in [1.82, 2.24) is 14.4 Å². The van der Waals surface area contributed by atoms with Crippen molar-refractivity contribution in [2.45, 2.75) is 13.5 Å². The second-order valence-electron chi connectivity index (χ2n) is 6.11. The average molecular weight is 358 g/mol. The largest absolute Gasteiger partial charge is 0.487 e. The van der Waals surface area contributed by atoms with E-state index in [9.17, 15) is 4.79 Å². The Hall–Kier alpha value is -3.67. The lowest BCUT2D eigenvalue weighted by Gasteiger charge is -2.08. The zero-order chi connectivity index (χ0) is 18.6. The molecule has 1 N–H and O–H groups in total. The van der Waals surface area contributed by atoms with Crippen molar-refractivity contribution in [3.8, 4) is 5.75 Å². The minimum absolute atomic E-state index is 0.264. The number of anilines is 1. The monoisotopic (exact) mass is 358 g/mol. The van der Waals surface area contributed by atoms with Crippen molar-refractivity contribution in [3.63, 3.8) is 0 Å². The first-order chi connectivity index (χ1) is 13.2. The number of rotatable bonds is 5. The van der Waals surface area contributed by atoms with Crippen molar-refractivity contribution < 1.29 is 9.53 Å². The van der Waals surface area contributed by atoms with Crippen molar-refractivity contribution in [2.75, 3.05) is 5.32 Å². The van der Waals surface area contributed by atoms with Gasteiger partial charge < -0.3 is 14.5 Å². The molecule has 134 valence electrons. The molecule has 3 heterocycles. The molecule has 6 heteroatoms. The lowest BCUT2D eigenvalue weighted by Crippen LogP contribution is -2.12. The van der Waals surface area contributed by atoms with Gasteiger partial charge in [0.2, 0.25) is 0 Å². The Kier molecular flexibility index (Phi) is 4.53. The number of hydrogen-bond donors (Lipinski definition) is 1. The van der Waals surface area contributed by atoms with E-state index >= 15 is 0 Å². The van der Waals surface area contributed by atoms with Crippen LogP contribution in [0.2, 0.25) is 0 Å². The number of hydrogen-bond acceptors (Lipinski definition) is 4. The second-order valence-corrected chi connectivity index (χ2v) is 6.11. The topological polar surface area (TPSA) is 68.5 Å². The Balaban J connectivity index is 1.47. The predicted molar refractivity (Wildman–Crippen MR) is 103 cm³/mol. The molecule has 0 fully saturated rings. The smallest absolute Gasteiger partial charge is 0.275 e. The molecule has 0 radical (unpaired) electrons. The normalized spacial score (nSPS) is 10.7. The average Bonchev–Trinajstić information content (AvgIpc) is 3.14. The highest BCUT2D eigenvalue weighted by atomic mass is 16.5. The molecule has 0 atom stereocenters. The molecule has 0 saturated carbocycles. The number of aromatic nitrogens is 3. The molecule has 27 heavy (non-hydrogen) atoms. The van der Waals surface area contributed by atoms with Gasteiger partial charge in [0.05, 0.1) is 5.69 Å². The molecular formula is C21H18N4O2. The molecule has 1 aromatic carbocycles. The van der Waals surface area contributed by atoms with Crippen LogP contribution < -0.4 is 10.1 Å². The van der Waals surface area contributed by atoms with Crippen LogP contribution in [0.3, 0.4) is 0 Å². The third-order valence-corrected chi connectivity index (χ3v) is 4.13. The third-order valence-electron chi connectivity index (χ3n) is 4.13. The minimum atomic E-state index is -0.264. The molecule has 3 aromatic heterocycles. The Morgan fingerprint density at radius 1 is 1.11 bits per heavy atom. The maximum absolute atomic E-state index is 12.5. The van der Waals surface area contributed by atoms with E-state index in [1.165, 1.54) is 0 Å². The number of benzene rings is 1. The van der Waals surface area contributed by atoms with E-state index in [-0.39, 0.29) is 5.91 Å². The van der Waals surface area contributed by atoms with Gasteiger partial charge in [-0.05, 0) is 43.3 Å². The van der Waals surface area contributed by atoms with Crippen LogP contribution in [0.25, 0.3) is 5.65 Å². The van der Waals surface area contributed by atoms with Gasteiger partial charge in [0, 0.05) is 29.8 Å². The fourth-order valence-corrected chi connectivity index (χ4v) is 2.76. The van der Waals surface area contributed by atoms with Crippen LogP contribution >= 0.6 is 0 Å². The molecule has 1 amide bonds. The predicted octanol–water partition coefficient (Wildman–Crippen LogP) is 3.87. The molecule has 4 rings (SSSR count). The molecule has 4 aromatic rings. The third kappa shape index (κ3) is 3.79. The number of amides is 1. The van der Waals surface area contributed by atoms with Gasteiger partial charge in [-0.25, -0.2) is 4.98 Å². The molecule has 0 saturated heterocycles. The summed E-state index contributed by atoms with van der Waals surface area (Å²) in [6.07, 6.45) is 3.47. The zero-order valence-corrected chi connectivity index (χ0v) is 14.8. The highest BCUT2D eigenvalue weighted by molar-refractivity contribution is 6.03. The summed E-state index contributed by atoms with van der Waals surface area (Å²) >= 11 is 0. The summed E-state index contributed by atoms with van der Waals surface area (Å²) in [4.78, 5) is 21.2. The van der Waals surface area contributed by atoms with E-state index in [0.29, 0.717) is 23.7 Å². The van der Waals surface area contributed by atoms with Crippen LogP contribution in [0.1, 0.15) is 21.9 Å². The number of pyridine rings is 2. The van der Waals surface area contributed by atoms with E-state index in [2.05, 4.69) is 15.3 Å². The first-order valence-electron chi connectivity index (χ1n) is 8.58. The highest BCUT2D eigenvalue weighted by Gasteiger charge is 2.12. The molecule has 0 unspecified atom stereocenters. The number of aryl methyl sites for hydroxylation is 1. The van der Waals surface area contributed by atoms with Crippen LogP contribution in [-0.4, -0.2) is 20.3 Å². The first kappa shape index (κ1) is 16.8. The van der Waals surface area contributed by atoms with Gasteiger partial charge in [-0.1, -0.05) is 18.2 Å².